The molecule has 3 rings (SSSR count). The van der Waals surface area contributed by atoms with Crippen LogP contribution in [0.2, 0.25) is 0 Å². The standard InChI is InChI=1S/C12H24N2O2/c1-13(7-11-9-15-11)3-5-14(2,6-4-13)8-12-10-16-12/h11-12H,3-10H2,1-2H3/q+2. The first-order valence-electron chi connectivity index (χ1n) is 6.47. The third-order valence-electron chi connectivity index (χ3n) is 4.45. The molecule has 0 aromatic rings. The number of nitrogens with zero attached hydrogens (tertiary/aromatic N) is 2. The van der Waals surface area contributed by atoms with Gasteiger partial charge in [-0.15, -0.1) is 0 Å². The molecule has 3 fully saturated rings. The van der Waals surface area contributed by atoms with Crippen LogP contribution in [0.5, 0.6) is 0 Å². The van der Waals surface area contributed by atoms with Crippen molar-refractivity contribution >= 4 is 0 Å². The molecule has 92 valence electrons. The lowest BCUT2D eigenvalue weighted by atomic mass is 10.2. The van der Waals surface area contributed by atoms with Gasteiger partial charge in [-0.05, 0) is 0 Å². The van der Waals surface area contributed by atoms with Gasteiger partial charge >= 0.3 is 0 Å². The summed E-state index contributed by atoms with van der Waals surface area (Å²) in [5, 5.41) is 0. The first kappa shape index (κ1) is 11.0. The molecule has 0 aromatic heterocycles. The molecule has 0 radical (unpaired) electrons. The van der Waals surface area contributed by atoms with Crippen molar-refractivity contribution in [1.29, 1.82) is 0 Å². The van der Waals surface area contributed by atoms with E-state index in [0.29, 0.717) is 12.2 Å². The summed E-state index contributed by atoms with van der Waals surface area (Å²) in [5.74, 6) is 0. The Balaban J connectivity index is 1.52. The van der Waals surface area contributed by atoms with Crippen LogP contribution in [0.4, 0.5) is 0 Å². The van der Waals surface area contributed by atoms with Crippen molar-refractivity contribution in [1.82, 2.24) is 0 Å². The van der Waals surface area contributed by atoms with Gasteiger partial charge in [-0.25, -0.2) is 0 Å². The molecule has 3 aliphatic rings. The lowest BCUT2D eigenvalue weighted by Gasteiger charge is -2.46. The molecule has 4 heteroatoms. The molecule has 0 N–H and O–H groups in total. The third-order valence-corrected chi connectivity index (χ3v) is 4.45. The number of hydrogen-bond acceptors (Lipinski definition) is 2. The number of hydrogen-bond donors (Lipinski definition) is 0. The summed E-state index contributed by atoms with van der Waals surface area (Å²) in [7, 11) is 4.78. The molecule has 0 aliphatic carbocycles. The van der Waals surface area contributed by atoms with Crippen molar-refractivity contribution in [2.45, 2.75) is 12.2 Å². The highest BCUT2D eigenvalue weighted by Crippen LogP contribution is 2.23. The summed E-state index contributed by atoms with van der Waals surface area (Å²) >= 11 is 0. The van der Waals surface area contributed by atoms with Crippen molar-refractivity contribution in [3.8, 4) is 0 Å². The van der Waals surface area contributed by atoms with Crippen molar-refractivity contribution in [2.75, 3.05) is 66.6 Å². The summed E-state index contributed by atoms with van der Waals surface area (Å²) in [6.07, 6.45) is 1.13. The van der Waals surface area contributed by atoms with Crippen LogP contribution in [0.1, 0.15) is 0 Å². The van der Waals surface area contributed by atoms with E-state index in [9.17, 15) is 0 Å². The maximum atomic E-state index is 5.36. The summed E-state index contributed by atoms with van der Waals surface area (Å²) in [6, 6.07) is 0. The smallest absolute Gasteiger partial charge is 0.130 e. The van der Waals surface area contributed by atoms with Crippen molar-refractivity contribution in [3.63, 3.8) is 0 Å². The zero-order valence-corrected chi connectivity index (χ0v) is 10.5. The number of epoxide rings is 2. The Bertz CT molecular complexity index is 238. The Morgan fingerprint density at radius 3 is 1.38 bits per heavy atom. The van der Waals surface area contributed by atoms with E-state index < -0.39 is 0 Å². The second-order valence-corrected chi connectivity index (χ2v) is 6.41. The maximum Gasteiger partial charge on any atom is 0.130 e. The predicted octanol–water partition coefficient (Wildman–Crippen LogP) is -0.309. The first-order chi connectivity index (χ1) is 7.57. The van der Waals surface area contributed by atoms with E-state index in [2.05, 4.69) is 14.1 Å². The molecule has 16 heavy (non-hydrogen) atoms. The summed E-state index contributed by atoms with van der Waals surface area (Å²) in [6.45, 7) is 9.62. The molecule has 0 bridgehead atoms. The van der Waals surface area contributed by atoms with Gasteiger partial charge in [0.05, 0.1) is 27.3 Å². The van der Waals surface area contributed by atoms with Gasteiger partial charge in [-0.1, -0.05) is 0 Å². The van der Waals surface area contributed by atoms with Crippen LogP contribution in [0.15, 0.2) is 0 Å². The fraction of sp³-hybridized carbons (Fsp3) is 1.00. The minimum atomic E-state index is 0.564. The Morgan fingerprint density at radius 1 is 0.812 bits per heavy atom. The molecule has 0 saturated carbocycles. The van der Waals surface area contributed by atoms with Gasteiger partial charge in [0.2, 0.25) is 0 Å². The van der Waals surface area contributed by atoms with Gasteiger partial charge in [0.25, 0.3) is 0 Å². The van der Waals surface area contributed by atoms with Crippen molar-refractivity contribution in [2.24, 2.45) is 0 Å². The second kappa shape index (κ2) is 3.67. The number of ether oxygens (including phenoxy) is 2. The number of quaternary nitrogens is 2. The van der Waals surface area contributed by atoms with Gasteiger partial charge in [0.1, 0.15) is 51.5 Å². The van der Waals surface area contributed by atoms with Crippen LogP contribution in [-0.2, 0) is 9.47 Å². The van der Waals surface area contributed by atoms with Crippen LogP contribution in [0, 0.1) is 0 Å². The first-order valence-corrected chi connectivity index (χ1v) is 6.47. The van der Waals surface area contributed by atoms with Crippen LogP contribution in [0.3, 0.4) is 0 Å². The molecule has 2 atom stereocenters. The van der Waals surface area contributed by atoms with Crippen molar-refractivity contribution in [3.05, 3.63) is 0 Å². The fourth-order valence-corrected chi connectivity index (χ4v) is 2.88. The number of piperazine rings is 1. The van der Waals surface area contributed by atoms with Gasteiger partial charge in [-0.3, -0.25) is 0 Å². The minimum absolute atomic E-state index is 0.564. The summed E-state index contributed by atoms with van der Waals surface area (Å²) in [4.78, 5) is 0. The Morgan fingerprint density at radius 2 is 1.12 bits per heavy atom. The Kier molecular flexibility index (Phi) is 2.51. The van der Waals surface area contributed by atoms with Crippen LogP contribution < -0.4 is 0 Å². The molecule has 3 heterocycles. The SMILES string of the molecule is C[N+]1(CC2CO2)CC[N+](C)(CC2CO2)CC1. The van der Waals surface area contributed by atoms with E-state index in [1.54, 1.807) is 0 Å². The Labute approximate surface area is 97.9 Å². The zero-order chi connectivity index (χ0) is 11.2. The van der Waals surface area contributed by atoms with Gasteiger partial charge < -0.3 is 18.4 Å². The average molecular weight is 228 g/mol. The minimum Gasteiger partial charge on any atom is -0.367 e. The zero-order valence-electron chi connectivity index (χ0n) is 10.5. The lowest BCUT2D eigenvalue weighted by Crippen LogP contribution is -2.65. The molecular weight excluding hydrogens is 204 g/mol. The normalized spacial score (nSPS) is 51.4. The summed E-state index contributed by atoms with van der Waals surface area (Å²) < 4.78 is 13.1. The second-order valence-electron chi connectivity index (χ2n) is 6.41. The fourth-order valence-electron chi connectivity index (χ4n) is 2.88. The monoisotopic (exact) mass is 228 g/mol. The van der Waals surface area contributed by atoms with E-state index in [0.717, 1.165) is 13.2 Å². The van der Waals surface area contributed by atoms with E-state index in [1.807, 2.05) is 0 Å². The molecule has 0 aromatic carbocycles. The topological polar surface area (TPSA) is 25.1 Å². The number of likely N-dealkylation sites (N-methyl/N-ethyl adjacent to an activating group) is 2. The van der Waals surface area contributed by atoms with Gasteiger partial charge in [-0.2, -0.15) is 0 Å². The van der Waals surface area contributed by atoms with Crippen LogP contribution in [-0.4, -0.2) is 87.8 Å². The van der Waals surface area contributed by atoms with Crippen molar-refractivity contribution < 1.29 is 18.4 Å². The van der Waals surface area contributed by atoms with E-state index >= 15 is 0 Å². The maximum absolute atomic E-state index is 5.36. The van der Waals surface area contributed by atoms with E-state index in [1.165, 1.54) is 48.2 Å². The van der Waals surface area contributed by atoms with Gasteiger partial charge in [0.15, 0.2) is 0 Å². The predicted molar refractivity (Wildman–Crippen MR) is 61.1 cm³/mol. The van der Waals surface area contributed by atoms with E-state index in [-0.39, 0.29) is 0 Å². The Hall–Kier alpha value is -0.160. The lowest BCUT2D eigenvalue weighted by molar-refractivity contribution is -1.02. The quantitative estimate of drug-likeness (QED) is 0.487. The molecular formula is C12H24N2O2+2. The highest BCUT2D eigenvalue weighted by molar-refractivity contribution is 4.71. The molecule has 3 aliphatic heterocycles. The van der Waals surface area contributed by atoms with Gasteiger partial charge in [0, 0.05) is 0 Å². The molecule has 3 saturated heterocycles. The molecule has 4 nitrogen and oxygen atoms in total. The molecule has 0 spiro atoms. The molecule has 2 unspecified atom stereocenters. The highest BCUT2D eigenvalue weighted by Gasteiger charge is 2.43. The van der Waals surface area contributed by atoms with Crippen LogP contribution in [0.25, 0.3) is 0 Å². The number of rotatable bonds is 4. The average Bonchev–Trinajstić information content (AvgIpc) is 3.09. The highest BCUT2D eigenvalue weighted by atomic mass is 16.6. The van der Waals surface area contributed by atoms with E-state index in [4.69, 9.17) is 9.47 Å². The molecule has 0 amide bonds. The van der Waals surface area contributed by atoms with Crippen LogP contribution >= 0.6 is 0 Å². The summed E-state index contributed by atoms with van der Waals surface area (Å²) in [5.41, 5.74) is 0. The third kappa shape index (κ3) is 2.56. The largest absolute Gasteiger partial charge is 0.367 e.